The Balaban J connectivity index is 0.000000241. The van der Waals surface area contributed by atoms with Gasteiger partial charge >= 0.3 is 6.03 Å². The van der Waals surface area contributed by atoms with Crippen molar-refractivity contribution in [3.05, 3.63) is 45.9 Å². The van der Waals surface area contributed by atoms with Gasteiger partial charge in [-0.3, -0.25) is 4.57 Å². The zero-order chi connectivity index (χ0) is 32.3. The third kappa shape index (κ3) is 10.8. The van der Waals surface area contributed by atoms with Crippen molar-refractivity contribution in [3.63, 3.8) is 0 Å². The third-order valence-electron chi connectivity index (χ3n) is 8.39. The highest BCUT2D eigenvalue weighted by Gasteiger charge is 2.46. The van der Waals surface area contributed by atoms with Crippen LogP contribution >= 0.6 is 34.8 Å². The first-order chi connectivity index (χ1) is 20.9. The maximum atomic E-state index is 12.3. The Hall–Kier alpha value is -1.55. The van der Waals surface area contributed by atoms with E-state index in [0.717, 1.165) is 51.4 Å². The maximum Gasteiger partial charge on any atom is 0.329 e. The Morgan fingerprint density at radius 2 is 1.73 bits per heavy atom. The van der Waals surface area contributed by atoms with Crippen LogP contribution in [0.4, 0.5) is 4.79 Å². The molecule has 1 amide bonds. The molecule has 2 heterocycles. The fraction of sp³-hybridized carbons (Fsp3) is 0.697. The summed E-state index contributed by atoms with van der Waals surface area (Å²) in [4.78, 5) is 20.4. The highest BCUT2D eigenvalue weighted by molar-refractivity contribution is 6.40. The number of benzene rings is 1. The van der Waals surface area contributed by atoms with Gasteiger partial charge in [-0.25, -0.2) is 9.78 Å². The number of rotatable bonds is 11. The van der Waals surface area contributed by atoms with Crippen LogP contribution in [0.1, 0.15) is 80.1 Å². The monoisotopic (exact) mass is 672 g/mol. The second-order valence-electron chi connectivity index (χ2n) is 12.8. The van der Waals surface area contributed by atoms with E-state index in [2.05, 4.69) is 44.5 Å². The molecule has 1 saturated heterocycles. The van der Waals surface area contributed by atoms with Crippen LogP contribution in [0.5, 0.6) is 5.75 Å². The molecule has 248 valence electrons. The van der Waals surface area contributed by atoms with Crippen molar-refractivity contribution in [1.29, 1.82) is 0 Å². The van der Waals surface area contributed by atoms with Crippen LogP contribution in [-0.4, -0.2) is 83.2 Å². The van der Waals surface area contributed by atoms with Crippen LogP contribution in [-0.2, 0) is 9.47 Å². The molecule has 1 unspecified atom stereocenters. The van der Waals surface area contributed by atoms with Crippen LogP contribution in [0.15, 0.2) is 30.9 Å². The molecule has 2 aliphatic rings. The molecular formula is C33H51Cl3N4O4. The summed E-state index contributed by atoms with van der Waals surface area (Å²) in [5, 5.41) is 1.12. The lowest BCUT2D eigenvalue weighted by Gasteiger charge is -2.41. The number of halogens is 3. The van der Waals surface area contributed by atoms with Gasteiger partial charge in [0.2, 0.25) is 0 Å². The molecule has 44 heavy (non-hydrogen) atoms. The molecule has 1 saturated carbocycles. The van der Waals surface area contributed by atoms with Crippen LogP contribution in [0, 0.1) is 11.3 Å². The van der Waals surface area contributed by atoms with E-state index in [0.29, 0.717) is 39.3 Å². The summed E-state index contributed by atoms with van der Waals surface area (Å²) in [6, 6.07) is 2.97. The molecule has 1 aliphatic heterocycles. The van der Waals surface area contributed by atoms with Crippen LogP contribution in [0.25, 0.3) is 0 Å². The van der Waals surface area contributed by atoms with Crippen molar-refractivity contribution < 1.29 is 19.0 Å². The highest BCUT2D eigenvalue weighted by Crippen LogP contribution is 2.45. The normalized spacial score (nSPS) is 21.8. The summed E-state index contributed by atoms with van der Waals surface area (Å²) in [6.45, 7) is 18.9. The fourth-order valence-electron chi connectivity index (χ4n) is 5.91. The fourth-order valence-corrected chi connectivity index (χ4v) is 6.83. The lowest BCUT2D eigenvalue weighted by molar-refractivity contribution is -0.197. The van der Waals surface area contributed by atoms with Gasteiger partial charge in [0.15, 0.2) is 11.5 Å². The number of imidazole rings is 1. The van der Waals surface area contributed by atoms with Gasteiger partial charge in [0.1, 0.15) is 12.9 Å². The summed E-state index contributed by atoms with van der Waals surface area (Å²) in [7, 11) is 0. The number of ether oxygens (including phenoxy) is 3. The van der Waals surface area contributed by atoms with Crippen molar-refractivity contribution >= 4 is 40.8 Å². The third-order valence-corrected chi connectivity index (χ3v) is 9.17. The highest BCUT2D eigenvalue weighted by atomic mass is 35.5. The lowest BCUT2D eigenvalue weighted by Crippen LogP contribution is -2.40. The quantitative estimate of drug-likeness (QED) is 0.238. The van der Waals surface area contributed by atoms with Crippen molar-refractivity contribution in [2.75, 3.05) is 45.9 Å². The maximum absolute atomic E-state index is 12.3. The van der Waals surface area contributed by atoms with E-state index < -0.39 is 0 Å². The van der Waals surface area contributed by atoms with E-state index >= 15 is 0 Å². The number of hydrogen-bond donors (Lipinski definition) is 0. The van der Waals surface area contributed by atoms with Crippen molar-refractivity contribution in [2.45, 2.75) is 92.0 Å². The molecule has 0 radical (unpaired) electrons. The Morgan fingerprint density at radius 1 is 1.07 bits per heavy atom. The number of likely N-dealkylation sites (N-methyl/N-ethyl adjacent to an activating group) is 1. The Bertz CT molecular complexity index is 1130. The van der Waals surface area contributed by atoms with Gasteiger partial charge in [0.25, 0.3) is 0 Å². The standard InChI is InChI=1S/C18H35NO2.C15H16Cl3N3O2/c1-6-12-19(7-2)13-16-14-20-18(21-16)10-8-15(9-11-18)17(3,4)5;1-2-4-20(15(22)21-5-3-19-10-21)6-7-23-14-12(17)8-11(16)9-13(14)18/h15-16H,6-14H2,1-5H3;3,5,8-10H,2,4,6-7H2,1H3. The first-order valence-electron chi connectivity index (χ1n) is 16.0. The molecule has 1 aliphatic carbocycles. The van der Waals surface area contributed by atoms with Gasteiger partial charge in [0.05, 0.1) is 29.3 Å². The van der Waals surface area contributed by atoms with Gasteiger partial charge in [-0.2, -0.15) is 0 Å². The van der Waals surface area contributed by atoms with Gasteiger partial charge < -0.3 is 24.0 Å². The Labute approximate surface area is 279 Å². The van der Waals surface area contributed by atoms with Gasteiger partial charge in [-0.05, 0) is 62.2 Å². The molecule has 1 atom stereocenters. The van der Waals surface area contributed by atoms with Gasteiger partial charge in [-0.15, -0.1) is 0 Å². The SMILES string of the molecule is CCCN(CC)CC1COC2(CCC(C(C)(C)C)CC2)O1.CCCN(CCOc1c(Cl)cc(Cl)cc1Cl)C(=O)n1ccnc1. The second-order valence-corrected chi connectivity index (χ2v) is 14.0. The molecular weight excluding hydrogens is 623 g/mol. The summed E-state index contributed by atoms with van der Waals surface area (Å²) < 4.78 is 19.5. The predicted molar refractivity (Wildman–Crippen MR) is 179 cm³/mol. The number of hydrogen-bond acceptors (Lipinski definition) is 6. The van der Waals surface area contributed by atoms with Crippen molar-refractivity contribution in [3.8, 4) is 5.75 Å². The number of carbonyl (C=O) groups excluding carboxylic acids is 1. The first-order valence-corrected chi connectivity index (χ1v) is 17.1. The molecule has 1 spiro atoms. The summed E-state index contributed by atoms with van der Waals surface area (Å²) in [6.07, 6.45) is 11.6. The lowest BCUT2D eigenvalue weighted by atomic mass is 9.71. The molecule has 2 fully saturated rings. The van der Waals surface area contributed by atoms with E-state index in [9.17, 15) is 4.79 Å². The second kappa shape index (κ2) is 17.4. The van der Waals surface area contributed by atoms with E-state index in [1.54, 1.807) is 29.4 Å². The molecule has 1 aromatic heterocycles. The Morgan fingerprint density at radius 3 is 2.27 bits per heavy atom. The zero-order valence-electron chi connectivity index (χ0n) is 27.3. The van der Waals surface area contributed by atoms with E-state index in [4.69, 9.17) is 49.0 Å². The molecule has 11 heteroatoms. The Kier molecular flexibility index (Phi) is 14.6. The minimum absolute atomic E-state index is 0.152. The molecule has 8 nitrogen and oxygen atoms in total. The number of amides is 1. The number of carbonyl (C=O) groups is 1. The van der Waals surface area contributed by atoms with Gasteiger partial charge in [0, 0.05) is 43.3 Å². The molecule has 4 rings (SSSR count). The average Bonchev–Trinajstić information content (AvgIpc) is 3.64. The van der Waals surface area contributed by atoms with Gasteiger partial charge in [-0.1, -0.05) is 76.3 Å². The summed E-state index contributed by atoms with van der Waals surface area (Å²) >= 11 is 18.0. The van der Waals surface area contributed by atoms with Crippen molar-refractivity contribution in [2.24, 2.45) is 11.3 Å². The van der Waals surface area contributed by atoms with E-state index in [-0.39, 0.29) is 24.5 Å². The summed E-state index contributed by atoms with van der Waals surface area (Å²) in [5.74, 6) is 0.920. The zero-order valence-corrected chi connectivity index (χ0v) is 29.6. The molecule has 2 aromatic rings. The number of nitrogens with zero attached hydrogens (tertiary/aromatic N) is 4. The number of aromatic nitrogens is 2. The average molecular weight is 674 g/mol. The van der Waals surface area contributed by atoms with E-state index in [1.807, 2.05) is 6.92 Å². The van der Waals surface area contributed by atoms with E-state index in [1.165, 1.54) is 30.2 Å². The largest absolute Gasteiger partial charge is 0.489 e. The van der Waals surface area contributed by atoms with Crippen LogP contribution in [0.3, 0.4) is 0 Å². The first kappa shape index (κ1) is 36.9. The topological polar surface area (TPSA) is 69.1 Å². The minimum atomic E-state index is -0.252. The predicted octanol–water partition coefficient (Wildman–Crippen LogP) is 8.67. The van der Waals surface area contributed by atoms with Crippen LogP contribution < -0.4 is 4.74 Å². The molecule has 0 N–H and O–H groups in total. The summed E-state index contributed by atoms with van der Waals surface area (Å²) in [5.41, 5.74) is 0.416. The molecule has 1 aromatic carbocycles. The minimum Gasteiger partial charge on any atom is -0.489 e. The molecule has 0 bridgehead atoms. The smallest absolute Gasteiger partial charge is 0.329 e. The van der Waals surface area contributed by atoms with Crippen LogP contribution in [0.2, 0.25) is 15.1 Å². The van der Waals surface area contributed by atoms with Crippen molar-refractivity contribution in [1.82, 2.24) is 19.4 Å².